The Morgan fingerprint density at radius 2 is 1.89 bits per heavy atom. The molecule has 0 saturated carbocycles. The maximum absolute atomic E-state index is 11.5. The second-order valence-electron chi connectivity index (χ2n) is 6.13. The van der Waals surface area contributed by atoms with Crippen LogP contribution >= 0.6 is 0 Å². The lowest BCUT2D eigenvalue weighted by Gasteiger charge is -2.08. The zero-order chi connectivity index (χ0) is 19.1. The van der Waals surface area contributed by atoms with Crippen molar-refractivity contribution in [3.8, 4) is 5.75 Å². The molecular weight excluding hydrogens is 348 g/mol. The molecule has 3 rings (SSSR count). The average molecular weight is 370 g/mol. The molecule has 0 fully saturated rings. The Morgan fingerprint density at radius 3 is 2.74 bits per heavy atom. The maximum atomic E-state index is 11.5. The van der Waals surface area contributed by atoms with E-state index in [-0.39, 0.29) is 19.2 Å². The minimum atomic E-state index is -0.431. The first kappa shape index (κ1) is 18.8. The number of furan rings is 1. The first-order valence-electron chi connectivity index (χ1n) is 9.06. The molecule has 2 heterocycles. The molecule has 0 unspecified atom stereocenters. The van der Waals surface area contributed by atoms with Gasteiger partial charge in [-0.05, 0) is 30.7 Å². The quantitative estimate of drug-likeness (QED) is 0.237. The number of unbranched alkanes of at least 4 members (excludes halogenated alkanes) is 2. The van der Waals surface area contributed by atoms with Crippen molar-refractivity contribution in [1.29, 1.82) is 0 Å². The fourth-order valence-corrected chi connectivity index (χ4v) is 2.77. The molecule has 6 heteroatoms. The highest BCUT2D eigenvalue weighted by Gasteiger charge is 2.12. The molecule has 3 aromatic rings. The van der Waals surface area contributed by atoms with Crippen LogP contribution in [-0.4, -0.2) is 19.2 Å². The van der Waals surface area contributed by atoms with E-state index in [1.165, 1.54) is 6.07 Å². The Hall–Kier alpha value is -3.02. The number of hydrogen-bond donors (Lipinski definition) is 0. The molecule has 0 radical (unpaired) electrons. The highest BCUT2D eigenvalue weighted by atomic mass is 16.5. The first-order valence-corrected chi connectivity index (χ1v) is 9.06. The summed E-state index contributed by atoms with van der Waals surface area (Å²) in [5.74, 6) is 0.402. The molecule has 0 bridgehead atoms. The van der Waals surface area contributed by atoms with Gasteiger partial charge < -0.3 is 18.3 Å². The third kappa shape index (κ3) is 4.78. The van der Waals surface area contributed by atoms with Crippen molar-refractivity contribution in [3.63, 3.8) is 0 Å². The molecule has 0 aliphatic rings. The zero-order valence-electron chi connectivity index (χ0n) is 15.2. The zero-order valence-corrected chi connectivity index (χ0v) is 15.2. The van der Waals surface area contributed by atoms with Crippen LogP contribution < -0.4 is 10.4 Å². The summed E-state index contributed by atoms with van der Waals surface area (Å²) >= 11 is 0. The topological polar surface area (TPSA) is 78.9 Å². The standard InChI is InChI=1S/C21H22O6/c1-2-3-4-7-19(22)25-11-5-6-12-26-21-15-8-9-20(23)27-18(15)14-17-16(21)10-13-24-17/h5-6,8-10,13-14H,2-4,7,11-12H2,1H3/b6-5+. The highest BCUT2D eigenvalue weighted by Crippen LogP contribution is 2.34. The van der Waals surface area contributed by atoms with Gasteiger partial charge in [0.1, 0.15) is 30.1 Å². The van der Waals surface area contributed by atoms with Crippen molar-refractivity contribution >= 4 is 27.9 Å². The molecular formula is C21H22O6. The van der Waals surface area contributed by atoms with Crippen LogP contribution in [0.3, 0.4) is 0 Å². The summed E-state index contributed by atoms with van der Waals surface area (Å²) in [5, 5.41) is 1.49. The smallest absolute Gasteiger partial charge is 0.336 e. The number of rotatable bonds is 9. The second-order valence-corrected chi connectivity index (χ2v) is 6.13. The third-order valence-corrected chi connectivity index (χ3v) is 4.12. The van der Waals surface area contributed by atoms with E-state index in [0.717, 1.165) is 24.6 Å². The predicted octanol–water partition coefficient (Wildman–Crippen LogP) is 4.60. The third-order valence-electron chi connectivity index (χ3n) is 4.12. The lowest BCUT2D eigenvalue weighted by Crippen LogP contribution is -2.04. The summed E-state index contributed by atoms with van der Waals surface area (Å²) in [4.78, 5) is 23.0. The van der Waals surface area contributed by atoms with Gasteiger partial charge in [-0.15, -0.1) is 0 Å². The lowest BCUT2D eigenvalue weighted by molar-refractivity contribution is -0.142. The SMILES string of the molecule is CCCCCC(=O)OC/C=C/COc1c2ccoc2cc2oc(=O)ccc12. The van der Waals surface area contributed by atoms with Gasteiger partial charge in [0, 0.05) is 18.6 Å². The highest BCUT2D eigenvalue weighted by molar-refractivity contribution is 6.01. The number of ether oxygens (including phenoxy) is 2. The van der Waals surface area contributed by atoms with Crippen LogP contribution in [0, 0.1) is 0 Å². The van der Waals surface area contributed by atoms with Crippen molar-refractivity contribution in [2.45, 2.75) is 32.6 Å². The molecule has 0 aliphatic heterocycles. The molecule has 0 atom stereocenters. The number of hydrogen-bond acceptors (Lipinski definition) is 6. The lowest BCUT2D eigenvalue weighted by atomic mass is 10.1. The summed E-state index contributed by atoms with van der Waals surface area (Å²) < 4.78 is 21.6. The Kier molecular flexibility index (Phi) is 6.30. The van der Waals surface area contributed by atoms with Crippen molar-refractivity contribution in [2.24, 2.45) is 0 Å². The predicted molar refractivity (Wildman–Crippen MR) is 102 cm³/mol. The summed E-state index contributed by atoms with van der Waals surface area (Å²) in [6.07, 6.45) is 8.51. The van der Waals surface area contributed by atoms with Crippen molar-refractivity contribution in [1.82, 2.24) is 0 Å². The molecule has 0 N–H and O–H groups in total. The van der Waals surface area contributed by atoms with E-state index in [2.05, 4.69) is 6.92 Å². The van der Waals surface area contributed by atoms with Crippen LogP contribution in [0.5, 0.6) is 5.75 Å². The van der Waals surface area contributed by atoms with Crippen LogP contribution in [0.1, 0.15) is 32.6 Å². The summed E-state index contributed by atoms with van der Waals surface area (Å²) in [5.41, 5.74) is 0.557. The summed E-state index contributed by atoms with van der Waals surface area (Å²) in [6, 6.07) is 6.50. The normalized spacial score (nSPS) is 11.4. The van der Waals surface area contributed by atoms with Gasteiger partial charge in [-0.3, -0.25) is 4.79 Å². The van der Waals surface area contributed by atoms with Crippen LogP contribution in [0.15, 0.2) is 56.3 Å². The van der Waals surface area contributed by atoms with Gasteiger partial charge in [-0.2, -0.15) is 0 Å². The van der Waals surface area contributed by atoms with E-state index in [9.17, 15) is 9.59 Å². The van der Waals surface area contributed by atoms with Crippen molar-refractivity contribution < 1.29 is 23.1 Å². The summed E-state index contributed by atoms with van der Waals surface area (Å²) in [6.45, 7) is 2.60. The average Bonchev–Trinajstić information content (AvgIpc) is 3.12. The summed E-state index contributed by atoms with van der Waals surface area (Å²) in [7, 11) is 0. The van der Waals surface area contributed by atoms with E-state index in [4.69, 9.17) is 18.3 Å². The van der Waals surface area contributed by atoms with E-state index < -0.39 is 5.63 Å². The molecule has 0 amide bonds. The number of carbonyl (C=O) groups is 1. The minimum Gasteiger partial charge on any atom is -0.488 e. The Balaban J connectivity index is 1.60. The second kappa shape index (κ2) is 9.07. The Bertz CT molecular complexity index is 995. The van der Waals surface area contributed by atoms with Gasteiger partial charge in [0.25, 0.3) is 0 Å². The minimum absolute atomic E-state index is 0.182. The molecule has 142 valence electrons. The van der Waals surface area contributed by atoms with E-state index in [1.807, 2.05) is 0 Å². The number of carbonyl (C=O) groups excluding carboxylic acids is 1. The van der Waals surface area contributed by atoms with E-state index in [1.54, 1.807) is 36.6 Å². The fourth-order valence-electron chi connectivity index (χ4n) is 2.77. The molecule has 27 heavy (non-hydrogen) atoms. The number of esters is 1. The van der Waals surface area contributed by atoms with Crippen LogP contribution in [0.4, 0.5) is 0 Å². The Morgan fingerprint density at radius 1 is 1.07 bits per heavy atom. The molecule has 6 nitrogen and oxygen atoms in total. The van der Waals surface area contributed by atoms with Crippen LogP contribution in [0.25, 0.3) is 21.9 Å². The van der Waals surface area contributed by atoms with Crippen molar-refractivity contribution in [3.05, 3.63) is 53.1 Å². The molecule has 0 saturated heterocycles. The van der Waals surface area contributed by atoms with E-state index >= 15 is 0 Å². The Labute approximate surface area is 156 Å². The molecule has 0 aliphatic carbocycles. The maximum Gasteiger partial charge on any atom is 0.336 e. The molecule has 0 spiro atoms. The number of fused-ring (bicyclic) bond motifs is 2. The molecule has 2 aromatic heterocycles. The van der Waals surface area contributed by atoms with Gasteiger partial charge in [0.05, 0.1) is 17.0 Å². The van der Waals surface area contributed by atoms with Gasteiger partial charge in [0.2, 0.25) is 0 Å². The first-order chi connectivity index (χ1) is 13.2. The van der Waals surface area contributed by atoms with Gasteiger partial charge >= 0.3 is 11.6 Å². The van der Waals surface area contributed by atoms with E-state index in [0.29, 0.717) is 28.7 Å². The monoisotopic (exact) mass is 370 g/mol. The van der Waals surface area contributed by atoms with Gasteiger partial charge in [0.15, 0.2) is 0 Å². The largest absolute Gasteiger partial charge is 0.488 e. The van der Waals surface area contributed by atoms with Gasteiger partial charge in [-0.25, -0.2) is 4.79 Å². The fraction of sp³-hybridized carbons (Fsp3) is 0.333. The van der Waals surface area contributed by atoms with Crippen LogP contribution in [-0.2, 0) is 9.53 Å². The molecule has 1 aromatic carbocycles. The van der Waals surface area contributed by atoms with Crippen LogP contribution in [0.2, 0.25) is 0 Å². The number of benzene rings is 1. The van der Waals surface area contributed by atoms with Crippen molar-refractivity contribution in [2.75, 3.05) is 13.2 Å². The van der Waals surface area contributed by atoms with Gasteiger partial charge in [-0.1, -0.05) is 19.8 Å².